The van der Waals surface area contributed by atoms with Crippen LogP contribution in [0.25, 0.3) is 10.8 Å². The summed E-state index contributed by atoms with van der Waals surface area (Å²) in [6.07, 6.45) is 1.17. The van der Waals surface area contributed by atoms with Gasteiger partial charge in [0.05, 0.1) is 6.61 Å². The Morgan fingerprint density at radius 2 is 1.72 bits per heavy atom. The summed E-state index contributed by atoms with van der Waals surface area (Å²) in [7, 11) is 0. The smallest absolute Gasteiger partial charge is 0.220 e. The Bertz CT molecular complexity index is 835. The molecule has 0 atom stereocenters. The van der Waals surface area contributed by atoms with Gasteiger partial charge in [-0.05, 0) is 41.8 Å². The van der Waals surface area contributed by atoms with Crippen LogP contribution in [0.4, 0.5) is 0 Å². The third-order valence-electron chi connectivity index (χ3n) is 4.19. The van der Waals surface area contributed by atoms with Gasteiger partial charge in [-0.25, -0.2) is 0 Å². The molecule has 3 rings (SSSR count). The first-order valence-corrected chi connectivity index (χ1v) is 8.65. The van der Waals surface area contributed by atoms with Gasteiger partial charge in [-0.3, -0.25) is 4.79 Å². The second kappa shape index (κ2) is 8.34. The van der Waals surface area contributed by atoms with E-state index in [9.17, 15) is 4.79 Å². The first-order chi connectivity index (χ1) is 12.2. The number of amides is 1. The van der Waals surface area contributed by atoms with Gasteiger partial charge in [-0.2, -0.15) is 0 Å². The SMILES string of the molecule is Cc1ccc(OCCCC(=O)NCc2cccc3ccccc23)cc1. The van der Waals surface area contributed by atoms with Gasteiger partial charge in [0.25, 0.3) is 0 Å². The van der Waals surface area contributed by atoms with Gasteiger partial charge in [0.2, 0.25) is 5.91 Å². The summed E-state index contributed by atoms with van der Waals surface area (Å²) in [4.78, 5) is 12.0. The number of fused-ring (bicyclic) bond motifs is 1. The zero-order chi connectivity index (χ0) is 17.5. The van der Waals surface area contributed by atoms with E-state index in [4.69, 9.17) is 4.74 Å². The van der Waals surface area contributed by atoms with Crippen molar-refractivity contribution in [2.24, 2.45) is 0 Å². The van der Waals surface area contributed by atoms with Crippen LogP contribution in [0.2, 0.25) is 0 Å². The van der Waals surface area contributed by atoms with Crippen molar-refractivity contribution in [2.45, 2.75) is 26.3 Å². The molecule has 3 nitrogen and oxygen atoms in total. The van der Waals surface area contributed by atoms with Crippen LogP contribution in [0.5, 0.6) is 5.75 Å². The van der Waals surface area contributed by atoms with Crippen LogP contribution in [0, 0.1) is 6.92 Å². The molecule has 0 spiro atoms. The zero-order valence-electron chi connectivity index (χ0n) is 14.5. The standard InChI is InChI=1S/C22H23NO2/c1-17-11-13-20(14-12-17)25-15-5-10-22(24)23-16-19-8-4-7-18-6-2-3-9-21(18)19/h2-4,6-9,11-14H,5,10,15-16H2,1H3,(H,23,24). The summed E-state index contributed by atoms with van der Waals surface area (Å²) >= 11 is 0. The molecule has 0 heterocycles. The fourth-order valence-corrected chi connectivity index (χ4v) is 2.79. The predicted octanol–water partition coefficient (Wildman–Crippen LogP) is 4.62. The molecule has 25 heavy (non-hydrogen) atoms. The highest BCUT2D eigenvalue weighted by molar-refractivity contribution is 5.86. The summed E-state index contributed by atoms with van der Waals surface area (Å²) in [6.45, 7) is 3.15. The second-order valence-electron chi connectivity index (χ2n) is 6.18. The average molecular weight is 333 g/mol. The van der Waals surface area contributed by atoms with Crippen molar-refractivity contribution < 1.29 is 9.53 Å². The predicted molar refractivity (Wildman–Crippen MR) is 102 cm³/mol. The molecule has 0 saturated carbocycles. The number of hydrogen-bond donors (Lipinski definition) is 1. The van der Waals surface area contributed by atoms with Crippen LogP contribution in [-0.4, -0.2) is 12.5 Å². The molecular weight excluding hydrogens is 310 g/mol. The van der Waals surface area contributed by atoms with Crippen LogP contribution >= 0.6 is 0 Å². The molecule has 0 aliphatic carbocycles. The van der Waals surface area contributed by atoms with Crippen molar-refractivity contribution in [1.82, 2.24) is 5.32 Å². The normalized spacial score (nSPS) is 10.6. The van der Waals surface area contributed by atoms with Gasteiger partial charge in [-0.15, -0.1) is 0 Å². The number of benzene rings is 3. The lowest BCUT2D eigenvalue weighted by Gasteiger charge is -2.09. The van der Waals surface area contributed by atoms with Crippen molar-refractivity contribution in [3.05, 3.63) is 77.9 Å². The van der Waals surface area contributed by atoms with E-state index in [1.807, 2.05) is 49.4 Å². The molecule has 128 valence electrons. The highest BCUT2D eigenvalue weighted by Crippen LogP contribution is 2.18. The van der Waals surface area contributed by atoms with Crippen molar-refractivity contribution >= 4 is 16.7 Å². The molecule has 0 aliphatic heterocycles. The molecule has 0 fully saturated rings. The second-order valence-corrected chi connectivity index (χ2v) is 6.18. The highest BCUT2D eigenvalue weighted by atomic mass is 16.5. The quantitative estimate of drug-likeness (QED) is 0.641. The molecule has 3 aromatic carbocycles. The van der Waals surface area contributed by atoms with Crippen LogP contribution in [-0.2, 0) is 11.3 Å². The number of aryl methyl sites for hydroxylation is 1. The van der Waals surface area contributed by atoms with E-state index in [-0.39, 0.29) is 5.91 Å². The van der Waals surface area contributed by atoms with E-state index in [0.717, 1.165) is 11.3 Å². The summed E-state index contributed by atoms with van der Waals surface area (Å²) in [5.41, 5.74) is 2.35. The average Bonchev–Trinajstić information content (AvgIpc) is 2.65. The van der Waals surface area contributed by atoms with E-state index >= 15 is 0 Å². The Kier molecular flexibility index (Phi) is 5.68. The van der Waals surface area contributed by atoms with Crippen LogP contribution < -0.4 is 10.1 Å². The fourth-order valence-electron chi connectivity index (χ4n) is 2.79. The van der Waals surface area contributed by atoms with E-state index in [2.05, 4.69) is 29.6 Å². The lowest BCUT2D eigenvalue weighted by atomic mass is 10.0. The van der Waals surface area contributed by atoms with Gasteiger partial charge in [0, 0.05) is 13.0 Å². The monoisotopic (exact) mass is 333 g/mol. The number of carbonyl (C=O) groups is 1. The maximum absolute atomic E-state index is 12.0. The number of hydrogen-bond acceptors (Lipinski definition) is 2. The van der Waals surface area contributed by atoms with Crippen molar-refractivity contribution in [2.75, 3.05) is 6.61 Å². The Hall–Kier alpha value is -2.81. The molecule has 0 aromatic heterocycles. The van der Waals surface area contributed by atoms with Crippen LogP contribution in [0.1, 0.15) is 24.0 Å². The van der Waals surface area contributed by atoms with Crippen LogP contribution in [0.15, 0.2) is 66.7 Å². The Morgan fingerprint density at radius 1 is 0.960 bits per heavy atom. The van der Waals surface area contributed by atoms with Crippen molar-refractivity contribution in [3.8, 4) is 5.75 Å². The number of carbonyl (C=O) groups excluding carboxylic acids is 1. The molecule has 3 aromatic rings. The first kappa shape index (κ1) is 17.0. The summed E-state index contributed by atoms with van der Waals surface area (Å²) in [5.74, 6) is 0.905. The minimum absolute atomic E-state index is 0.0560. The lowest BCUT2D eigenvalue weighted by molar-refractivity contribution is -0.121. The molecule has 0 saturated heterocycles. The fraction of sp³-hybridized carbons (Fsp3) is 0.227. The van der Waals surface area contributed by atoms with Gasteiger partial charge < -0.3 is 10.1 Å². The largest absolute Gasteiger partial charge is 0.494 e. The Morgan fingerprint density at radius 3 is 2.56 bits per heavy atom. The number of nitrogens with one attached hydrogen (secondary N) is 1. The number of rotatable bonds is 7. The van der Waals surface area contributed by atoms with E-state index in [1.54, 1.807) is 0 Å². The number of ether oxygens (including phenoxy) is 1. The summed E-state index contributed by atoms with van der Waals surface area (Å²) < 4.78 is 5.65. The summed E-state index contributed by atoms with van der Waals surface area (Å²) in [5, 5.41) is 5.39. The minimum Gasteiger partial charge on any atom is -0.494 e. The molecule has 1 amide bonds. The molecule has 0 unspecified atom stereocenters. The van der Waals surface area contributed by atoms with Gasteiger partial charge in [0.15, 0.2) is 0 Å². The van der Waals surface area contributed by atoms with E-state index in [0.29, 0.717) is 26.0 Å². The molecule has 0 aliphatic rings. The third kappa shape index (κ3) is 4.83. The zero-order valence-corrected chi connectivity index (χ0v) is 14.5. The minimum atomic E-state index is 0.0560. The maximum Gasteiger partial charge on any atom is 0.220 e. The van der Waals surface area contributed by atoms with Crippen molar-refractivity contribution in [3.63, 3.8) is 0 Å². The van der Waals surface area contributed by atoms with Gasteiger partial charge in [0.1, 0.15) is 5.75 Å². The lowest BCUT2D eigenvalue weighted by Crippen LogP contribution is -2.23. The Labute approximate surface area is 148 Å². The van der Waals surface area contributed by atoms with E-state index < -0.39 is 0 Å². The third-order valence-corrected chi connectivity index (χ3v) is 4.19. The maximum atomic E-state index is 12.0. The summed E-state index contributed by atoms with van der Waals surface area (Å²) in [6, 6.07) is 22.3. The molecule has 0 radical (unpaired) electrons. The van der Waals surface area contributed by atoms with Crippen molar-refractivity contribution in [1.29, 1.82) is 0 Å². The Balaban J connectivity index is 1.42. The van der Waals surface area contributed by atoms with E-state index in [1.165, 1.54) is 16.3 Å². The topological polar surface area (TPSA) is 38.3 Å². The first-order valence-electron chi connectivity index (χ1n) is 8.65. The molecule has 1 N–H and O–H groups in total. The van der Waals surface area contributed by atoms with Gasteiger partial charge in [-0.1, -0.05) is 60.2 Å². The molecular formula is C22H23NO2. The van der Waals surface area contributed by atoms with Gasteiger partial charge >= 0.3 is 0 Å². The molecule has 0 bridgehead atoms. The van der Waals surface area contributed by atoms with Crippen LogP contribution in [0.3, 0.4) is 0 Å². The molecule has 3 heteroatoms. The highest BCUT2D eigenvalue weighted by Gasteiger charge is 2.04.